The van der Waals surface area contributed by atoms with Crippen molar-refractivity contribution in [3.8, 4) is 0 Å². The molecular weight excluding hydrogens is 222 g/mol. The Morgan fingerprint density at radius 2 is 2.06 bits per heavy atom. The van der Waals surface area contributed by atoms with Crippen molar-refractivity contribution in [2.75, 3.05) is 13.7 Å². The predicted octanol–water partition coefficient (Wildman–Crippen LogP) is 0.638. The van der Waals surface area contributed by atoms with E-state index >= 15 is 0 Å². The first kappa shape index (κ1) is 12.4. The van der Waals surface area contributed by atoms with Crippen molar-refractivity contribution >= 4 is 11.9 Å². The van der Waals surface area contributed by atoms with Crippen LogP contribution >= 0.6 is 0 Å². The average molecular weight is 241 g/mol. The van der Waals surface area contributed by atoms with Crippen molar-refractivity contribution in [1.29, 1.82) is 0 Å². The van der Waals surface area contributed by atoms with E-state index in [-0.39, 0.29) is 11.8 Å². The molecule has 0 aromatic carbocycles. The molecular formula is C12H19NO4. The van der Waals surface area contributed by atoms with Crippen LogP contribution in [-0.2, 0) is 14.3 Å². The lowest BCUT2D eigenvalue weighted by Gasteiger charge is -2.14. The Morgan fingerprint density at radius 3 is 2.59 bits per heavy atom. The molecule has 1 amide bonds. The fourth-order valence-corrected chi connectivity index (χ4v) is 2.97. The van der Waals surface area contributed by atoms with E-state index in [0.717, 1.165) is 12.8 Å². The van der Waals surface area contributed by atoms with Gasteiger partial charge in [-0.2, -0.15) is 0 Å². The second-order valence-corrected chi connectivity index (χ2v) is 4.97. The Labute approximate surface area is 101 Å². The highest BCUT2D eigenvalue weighted by atomic mass is 16.5. The fourth-order valence-electron chi connectivity index (χ4n) is 2.97. The minimum absolute atomic E-state index is 0.0770. The summed E-state index contributed by atoms with van der Waals surface area (Å²) in [6, 6.07) is -0.816. The van der Waals surface area contributed by atoms with Gasteiger partial charge in [0.1, 0.15) is 6.04 Å². The highest BCUT2D eigenvalue weighted by Crippen LogP contribution is 2.57. The standard InChI is InChI=1S/C12H19NO4/c1-17-6-5-9(12(15)16)13-11(14)10-7-3-2-4-8(7)10/h7-10H,2-6H2,1H3,(H,13,14)(H,15,16). The maximum atomic E-state index is 11.9. The van der Waals surface area contributed by atoms with E-state index < -0.39 is 12.0 Å². The third-order valence-electron chi connectivity index (χ3n) is 3.93. The maximum Gasteiger partial charge on any atom is 0.326 e. The third kappa shape index (κ3) is 2.60. The van der Waals surface area contributed by atoms with Gasteiger partial charge in [0.15, 0.2) is 0 Å². The van der Waals surface area contributed by atoms with E-state index in [1.54, 1.807) is 0 Å². The van der Waals surface area contributed by atoms with Crippen LogP contribution in [0.2, 0.25) is 0 Å². The second kappa shape index (κ2) is 5.04. The first-order valence-corrected chi connectivity index (χ1v) is 6.17. The lowest BCUT2D eigenvalue weighted by atomic mass is 10.1. The van der Waals surface area contributed by atoms with E-state index in [1.807, 2.05) is 0 Å². The molecule has 0 spiro atoms. The molecule has 2 saturated carbocycles. The first-order valence-electron chi connectivity index (χ1n) is 6.17. The zero-order valence-electron chi connectivity index (χ0n) is 10.0. The quantitative estimate of drug-likeness (QED) is 0.715. The van der Waals surface area contributed by atoms with Crippen LogP contribution in [0.4, 0.5) is 0 Å². The molecule has 0 aromatic rings. The third-order valence-corrected chi connectivity index (χ3v) is 3.93. The smallest absolute Gasteiger partial charge is 0.326 e. The molecule has 0 saturated heterocycles. The number of carbonyl (C=O) groups is 2. The topological polar surface area (TPSA) is 75.6 Å². The number of carboxylic acid groups (broad SMARTS) is 1. The summed E-state index contributed by atoms with van der Waals surface area (Å²) in [7, 11) is 1.52. The molecule has 2 aliphatic carbocycles. The van der Waals surface area contributed by atoms with Crippen molar-refractivity contribution in [3.05, 3.63) is 0 Å². The Balaban J connectivity index is 1.81. The van der Waals surface area contributed by atoms with Gasteiger partial charge in [-0.25, -0.2) is 4.79 Å². The zero-order valence-corrected chi connectivity index (χ0v) is 10.0. The van der Waals surface area contributed by atoms with Gasteiger partial charge in [-0.05, 0) is 24.7 Å². The highest BCUT2D eigenvalue weighted by Gasteiger charge is 2.56. The number of aliphatic carboxylic acids is 1. The second-order valence-electron chi connectivity index (χ2n) is 4.97. The maximum absolute atomic E-state index is 11.9. The van der Waals surface area contributed by atoms with Crippen LogP contribution in [0.15, 0.2) is 0 Å². The minimum atomic E-state index is -0.985. The molecule has 96 valence electrons. The SMILES string of the molecule is COCCC(NC(=O)C1C2CCCC21)C(=O)O. The number of amides is 1. The van der Waals surface area contributed by atoms with E-state index in [0.29, 0.717) is 24.9 Å². The summed E-state index contributed by atoms with van der Waals surface area (Å²) < 4.78 is 4.84. The molecule has 3 atom stereocenters. The molecule has 5 nitrogen and oxygen atoms in total. The Bertz CT molecular complexity index is 308. The lowest BCUT2D eigenvalue weighted by molar-refractivity contribution is -0.142. The van der Waals surface area contributed by atoms with Gasteiger partial charge >= 0.3 is 5.97 Å². The number of hydrogen-bond donors (Lipinski definition) is 2. The van der Waals surface area contributed by atoms with Crippen LogP contribution in [0, 0.1) is 17.8 Å². The molecule has 3 unspecified atom stereocenters. The number of hydrogen-bond acceptors (Lipinski definition) is 3. The van der Waals surface area contributed by atoms with E-state index in [1.165, 1.54) is 13.5 Å². The average Bonchev–Trinajstić information content (AvgIpc) is 2.78. The van der Waals surface area contributed by atoms with E-state index in [9.17, 15) is 9.59 Å². The van der Waals surface area contributed by atoms with Crippen molar-refractivity contribution in [2.45, 2.75) is 31.7 Å². The van der Waals surface area contributed by atoms with Gasteiger partial charge in [0.25, 0.3) is 0 Å². The number of methoxy groups -OCH3 is 1. The largest absolute Gasteiger partial charge is 0.480 e. The van der Waals surface area contributed by atoms with E-state index in [2.05, 4.69) is 5.32 Å². The van der Waals surface area contributed by atoms with Gasteiger partial charge in [0.2, 0.25) is 5.91 Å². The van der Waals surface area contributed by atoms with Crippen LogP contribution in [-0.4, -0.2) is 36.7 Å². The van der Waals surface area contributed by atoms with Crippen LogP contribution in [0.25, 0.3) is 0 Å². The molecule has 17 heavy (non-hydrogen) atoms. The molecule has 2 N–H and O–H groups in total. The normalized spacial score (nSPS) is 31.7. The highest BCUT2D eigenvalue weighted by molar-refractivity contribution is 5.87. The summed E-state index contributed by atoms with van der Waals surface area (Å²) in [5.74, 6) is 0.0521. The molecule has 5 heteroatoms. The summed E-state index contributed by atoms with van der Waals surface area (Å²) in [6.07, 6.45) is 3.78. The van der Waals surface area contributed by atoms with Crippen molar-refractivity contribution < 1.29 is 19.4 Å². The van der Waals surface area contributed by atoms with Crippen molar-refractivity contribution in [3.63, 3.8) is 0 Å². The molecule has 2 rings (SSSR count). The van der Waals surface area contributed by atoms with Gasteiger partial charge in [-0.3, -0.25) is 4.79 Å². The van der Waals surface area contributed by atoms with Crippen molar-refractivity contribution in [1.82, 2.24) is 5.32 Å². The first-order chi connectivity index (χ1) is 8.15. The molecule has 0 aliphatic heterocycles. The molecule has 0 aromatic heterocycles. The molecule has 2 aliphatic rings. The Morgan fingerprint density at radius 1 is 1.41 bits per heavy atom. The number of ether oxygens (including phenoxy) is 1. The number of fused-ring (bicyclic) bond motifs is 1. The van der Waals surface area contributed by atoms with E-state index in [4.69, 9.17) is 9.84 Å². The van der Waals surface area contributed by atoms with Gasteiger partial charge in [-0.1, -0.05) is 6.42 Å². The van der Waals surface area contributed by atoms with Crippen molar-refractivity contribution in [2.24, 2.45) is 17.8 Å². The van der Waals surface area contributed by atoms with Crippen LogP contribution < -0.4 is 5.32 Å². The number of nitrogens with one attached hydrogen (secondary N) is 1. The van der Waals surface area contributed by atoms with Crippen LogP contribution in [0.3, 0.4) is 0 Å². The monoisotopic (exact) mass is 241 g/mol. The summed E-state index contributed by atoms with van der Waals surface area (Å²) in [5, 5.41) is 11.6. The number of carboxylic acids is 1. The predicted molar refractivity (Wildman–Crippen MR) is 60.4 cm³/mol. The minimum Gasteiger partial charge on any atom is -0.480 e. The van der Waals surface area contributed by atoms with Crippen LogP contribution in [0.5, 0.6) is 0 Å². The summed E-state index contributed by atoms with van der Waals surface area (Å²) in [4.78, 5) is 22.8. The Hall–Kier alpha value is -1.10. The molecule has 0 radical (unpaired) electrons. The van der Waals surface area contributed by atoms with Gasteiger partial charge in [0, 0.05) is 26.1 Å². The van der Waals surface area contributed by atoms with Gasteiger partial charge in [0.05, 0.1) is 0 Å². The summed E-state index contributed by atoms with van der Waals surface area (Å²) >= 11 is 0. The summed E-state index contributed by atoms with van der Waals surface area (Å²) in [5.41, 5.74) is 0. The lowest BCUT2D eigenvalue weighted by Crippen LogP contribution is -2.42. The molecule has 0 heterocycles. The zero-order chi connectivity index (χ0) is 12.4. The number of rotatable bonds is 6. The van der Waals surface area contributed by atoms with Gasteiger partial charge < -0.3 is 15.2 Å². The molecule has 2 fully saturated rings. The van der Waals surface area contributed by atoms with Crippen LogP contribution in [0.1, 0.15) is 25.7 Å². The molecule has 0 bridgehead atoms. The fraction of sp³-hybridized carbons (Fsp3) is 0.833. The van der Waals surface area contributed by atoms with Gasteiger partial charge in [-0.15, -0.1) is 0 Å². The Kier molecular flexibility index (Phi) is 3.66. The summed E-state index contributed by atoms with van der Waals surface area (Å²) in [6.45, 7) is 0.342. The number of carbonyl (C=O) groups excluding carboxylic acids is 1.